The molecule has 3 heteroatoms. The Morgan fingerprint density at radius 3 is 2.15 bits per heavy atom. The summed E-state index contributed by atoms with van der Waals surface area (Å²) in [5.74, 6) is 3.58. The van der Waals surface area contributed by atoms with Gasteiger partial charge in [-0.25, -0.2) is 0 Å². The van der Waals surface area contributed by atoms with Gasteiger partial charge in [0.1, 0.15) is 11.5 Å². The highest BCUT2D eigenvalue weighted by atomic mass is 16.5. The van der Waals surface area contributed by atoms with Crippen LogP contribution in [-0.2, 0) is 0 Å². The van der Waals surface area contributed by atoms with E-state index < -0.39 is 0 Å². The van der Waals surface area contributed by atoms with Crippen molar-refractivity contribution in [1.29, 1.82) is 0 Å². The van der Waals surface area contributed by atoms with Crippen LogP contribution in [0.5, 0.6) is 11.5 Å². The Balaban J connectivity index is 2.28. The normalized spacial score (nSPS) is 26.6. The van der Waals surface area contributed by atoms with E-state index in [0.717, 1.165) is 36.2 Å². The monoisotopic (exact) mass is 277 g/mol. The van der Waals surface area contributed by atoms with Crippen LogP contribution >= 0.6 is 0 Å². The number of rotatable bonds is 4. The third-order valence-corrected chi connectivity index (χ3v) is 4.69. The molecule has 0 aliphatic heterocycles. The number of hydrogen-bond acceptors (Lipinski definition) is 3. The molecule has 1 aliphatic rings. The van der Waals surface area contributed by atoms with Crippen molar-refractivity contribution in [3.63, 3.8) is 0 Å². The van der Waals surface area contributed by atoms with Gasteiger partial charge in [0.25, 0.3) is 0 Å². The average Bonchev–Trinajstić information content (AvgIpc) is 2.46. The third-order valence-electron chi connectivity index (χ3n) is 4.69. The van der Waals surface area contributed by atoms with Gasteiger partial charge in [-0.05, 0) is 54.7 Å². The fraction of sp³-hybridized carbons (Fsp3) is 0.647. The molecular weight excluding hydrogens is 250 g/mol. The van der Waals surface area contributed by atoms with E-state index in [4.69, 9.17) is 15.2 Å². The van der Waals surface area contributed by atoms with E-state index in [1.165, 1.54) is 12.0 Å². The van der Waals surface area contributed by atoms with Gasteiger partial charge in [0.2, 0.25) is 0 Å². The minimum atomic E-state index is 0.238. The van der Waals surface area contributed by atoms with Gasteiger partial charge >= 0.3 is 0 Å². The SMILES string of the molecule is COc1cc(OC)cc(C2CC(C(C)C)CCC2N)c1. The van der Waals surface area contributed by atoms with E-state index >= 15 is 0 Å². The fourth-order valence-electron chi connectivity index (χ4n) is 3.26. The summed E-state index contributed by atoms with van der Waals surface area (Å²) >= 11 is 0. The number of methoxy groups -OCH3 is 2. The molecule has 0 aromatic heterocycles. The van der Waals surface area contributed by atoms with Crippen molar-refractivity contribution in [2.45, 2.75) is 45.1 Å². The van der Waals surface area contributed by atoms with Gasteiger partial charge in [0.05, 0.1) is 14.2 Å². The van der Waals surface area contributed by atoms with Gasteiger partial charge in [0.15, 0.2) is 0 Å². The van der Waals surface area contributed by atoms with Crippen LogP contribution in [0.4, 0.5) is 0 Å². The highest BCUT2D eigenvalue weighted by Crippen LogP contribution is 2.40. The van der Waals surface area contributed by atoms with Crippen LogP contribution in [0, 0.1) is 11.8 Å². The summed E-state index contributed by atoms with van der Waals surface area (Å²) in [5.41, 5.74) is 7.62. The van der Waals surface area contributed by atoms with E-state index in [0.29, 0.717) is 5.92 Å². The summed E-state index contributed by atoms with van der Waals surface area (Å²) in [5, 5.41) is 0. The summed E-state index contributed by atoms with van der Waals surface area (Å²) in [7, 11) is 3.38. The standard InChI is InChI=1S/C17H27NO2/c1-11(2)12-5-6-17(18)16(9-12)13-7-14(19-3)10-15(8-13)20-4/h7-8,10-12,16-17H,5-6,9,18H2,1-4H3. The largest absolute Gasteiger partial charge is 0.497 e. The maximum atomic E-state index is 6.37. The quantitative estimate of drug-likeness (QED) is 0.915. The molecule has 0 heterocycles. The molecule has 1 fully saturated rings. The topological polar surface area (TPSA) is 44.5 Å². The number of hydrogen-bond donors (Lipinski definition) is 1. The first-order chi connectivity index (χ1) is 9.55. The number of benzene rings is 1. The lowest BCUT2D eigenvalue weighted by molar-refractivity contribution is 0.232. The molecule has 1 aromatic carbocycles. The highest BCUT2D eigenvalue weighted by Gasteiger charge is 2.31. The molecule has 1 aliphatic carbocycles. The average molecular weight is 277 g/mol. The first-order valence-electron chi connectivity index (χ1n) is 7.53. The Morgan fingerprint density at radius 2 is 1.65 bits per heavy atom. The van der Waals surface area contributed by atoms with E-state index in [1.54, 1.807) is 14.2 Å². The Morgan fingerprint density at radius 1 is 1.05 bits per heavy atom. The van der Waals surface area contributed by atoms with Crippen LogP contribution in [-0.4, -0.2) is 20.3 Å². The zero-order chi connectivity index (χ0) is 14.7. The van der Waals surface area contributed by atoms with E-state index in [2.05, 4.69) is 26.0 Å². The zero-order valence-corrected chi connectivity index (χ0v) is 13.1. The molecule has 0 spiro atoms. The predicted octanol–water partition coefficient (Wildman–Crippen LogP) is 3.57. The molecule has 2 N–H and O–H groups in total. The van der Waals surface area contributed by atoms with Crippen LogP contribution in [0.25, 0.3) is 0 Å². The second-order valence-corrected chi connectivity index (χ2v) is 6.23. The van der Waals surface area contributed by atoms with Crippen molar-refractivity contribution in [3.8, 4) is 11.5 Å². The smallest absolute Gasteiger partial charge is 0.122 e. The Labute approximate surface area is 122 Å². The summed E-state index contributed by atoms with van der Waals surface area (Å²) < 4.78 is 10.8. The van der Waals surface area contributed by atoms with E-state index in [-0.39, 0.29) is 6.04 Å². The summed E-state index contributed by atoms with van der Waals surface area (Å²) in [6.07, 6.45) is 3.51. The predicted molar refractivity (Wildman–Crippen MR) is 82.4 cm³/mol. The Bertz CT molecular complexity index is 422. The molecule has 0 radical (unpaired) electrons. The molecule has 2 rings (SSSR count). The lowest BCUT2D eigenvalue weighted by atomic mass is 9.71. The second-order valence-electron chi connectivity index (χ2n) is 6.23. The highest BCUT2D eigenvalue weighted by molar-refractivity contribution is 5.40. The van der Waals surface area contributed by atoms with Gasteiger partial charge in [-0.2, -0.15) is 0 Å². The molecule has 3 nitrogen and oxygen atoms in total. The number of ether oxygens (including phenoxy) is 2. The molecule has 3 unspecified atom stereocenters. The molecule has 3 atom stereocenters. The summed E-state index contributed by atoms with van der Waals surface area (Å²) in [6.45, 7) is 4.62. The number of nitrogens with two attached hydrogens (primary N) is 1. The van der Waals surface area contributed by atoms with Crippen molar-refractivity contribution < 1.29 is 9.47 Å². The maximum Gasteiger partial charge on any atom is 0.122 e. The Hall–Kier alpha value is -1.22. The molecular formula is C17H27NO2. The molecule has 1 aromatic rings. The second kappa shape index (κ2) is 6.49. The van der Waals surface area contributed by atoms with Crippen LogP contribution in [0.2, 0.25) is 0 Å². The van der Waals surface area contributed by atoms with Gasteiger partial charge in [0, 0.05) is 12.1 Å². The van der Waals surface area contributed by atoms with Gasteiger partial charge < -0.3 is 15.2 Å². The third kappa shape index (κ3) is 3.26. The molecule has 1 saturated carbocycles. The van der Waals surface area contributed by atoms with Crippen LogP contribution in [0.15, 0.2) is 18.2 Å². The maximum absolute atomic E-state index is 6.37. The van der Waals surface area contributed by atoms with Gasteiger partial charge in [-0.15, -0.1) is 0 Å². The summed E-state index contributed by atoms with van der Waals surface area (Å²) in [4.78, 5) is 0. The van der Waals surface area contributed by atoms with E-state index in [9.17, 15) is 0 Å². The molecule has 0 saturated heterocycles. The van der Waals surface area contributed by atoms with Crippen molar-refractivity contribution in [1.82, 2.24) is 0 Å². The molecule has 20 heavy (non-hydrogen) atoms. The Kier molecular flexibility index (Phi) is 4.92. The van der Waals surface area contributed by atoms with Crippen LogP contribution < -0.4 is 15.2 Å². The fourth-order valence-corrected chi connectivity index (χ4v) is 3.26. The summed E-state index contributed by atoms with van der Waals surface area (Å²) in [6, 6.07) is 6.37. The first kappa shape index (κ1) is 15.2. The van der Waals surface area contributed by atoms with Crippen molar-refractivity contribution in [2.75, 3.05) is 14.2 Å². The zero-order valence-electron chi connectivity index (χ0n) is 13.1. The molecule has 0 bridgehead atoms. The first-order valence-corrected chi connectivity index (χ1v) is 7.53. The van der Waals surface area contributed by atoms with Gasteiger partial charge in [-0.1, -0.05) is 13.8 Å². The molecule has 0 amide bonds. The van der Waals surface area contributed by atoms with Crippen LogP contribution in [0.3, 0.4) is 0 Å². The minimum Gasteiger partial charge on any atom is -0.497 e. The van der Waals surface area contributed by atoms with Gasteiger partial charge in [-0.3, -0.25) is 0 Å². The lowest BCUT2D eigenvalue weighted by Crippen LogP contribution is -2.35. The van der Waals surface area contributed by atoms with E-state index in [1.807, 2.05) is 6.07 Å². The molecule has 112 valence electrons. The minimum absolute atomic E-state index is 0.238. The van der Waals surface area contributed by atoms with Crippen molar-refractivity contribution in [2.24, 2.45) is 17.6 Å². The van der Waals surface area contributed by atoms with Crippen LogP contribution in [0.1, 0.15) is 44.6 Å². The van der Waals surface area contributed by atoms with Crippen molar-refractivity contribution in [3.05, 3.63) is 23.8 Å². The lowest BCUT2D eigenvalue weighted by Gasteiger charge is -2.36. The van der Waals surface area contributed by atoms with Crippen molar-refractivity contribution >= 4 is 0 Å².